The van der Waals surface area contributed by atoms with Crippen LogP contribution in [-0.4, -0.2) is 18.7 Å². The van der Waals surface area contributed by atoms with Gasteiger partial charge >= 0.3 is 12.7 Å². The molecular formula is C15H8F6N2O2. The first-order valence-electron chi connectivity index (χ1n) is 6.49. The molecule has 0 amide bonds. The Bertz CT molecular complexity index is 697. The van der Waals surface area contributed by atoms with Crippen molar-refractivity contribution in [2.24, 2.45) is 9.98 Å². The Balaban J connectivity index is 2.01. The molecule has 25 heavy (non-hydrogen) atoms. The van der Waals surface area contributed by atoms with Crippen molar-refractivity contribution in [3.63, 3.8) is 0 Å². The monoisotopic (exact) mass is 362 g/mol. The van der Waals surface area contributed by atoms with E-state index in [1.54, 1.807) is 0 Å². The Morgan fingerprint density at radius 2 is 0.920 bits per heavy atom. The van der Waals surface area contributed by atoms with E-state index in [9.17, 15) is 26.3 Å². The predicted octanol–water partition coefficient (Wildman–Crippen LogP) is 5.62. The summed E-state index contributed by atoms with van der Waals surface area (Å²) >= 11 is 0. The van der Waals surface area contributed by atoms with Crippen molar-refractivity contribution in [3.8, 4) is 11.5 Å². The molecule has 0 atom stereocenters. The van der Waals surface area contributed by atoms with E-state index in [-0.39, 0.29) is 11.4 Å². The average Bonchev–Trinajstić information content (AvgIpc) is 2.48. The van der Waals surface area contributed by atoms with Gasteiger partial charge < -0.3 is 9.47 Å². The molecule has 2 rings (SSSR count). The summed E-state index contributed by atoms with van der Waals surface area (Å²) in [7, 11) is 0. The second-order valence-electron chi connectivity index (χ2n) is 4.41. The smallest absolute Gasteiger partial charge is 0.406 e. The molecule has 0 aliphatic carbocycles. The van der Waals surface area contributed by atoms with Crippen LogP contribution in [0.1, 0.15) is 0 Å². The maximum Gasteiger partial charge on any atom is 0.573 e. The second kappa shape index (κ2) is 7.27. The molecule has 0 fully saturated rings. The lowest BCUT2D eigenvalue weighted by atomic mass is 10.3. The highest BCUT2D eigenvalue weighted by atomic mass is 19.4. The maximum absolute atomic E-state index is 12.0. The molecule has 10 heteroatoms. The number of rotatable bonds is 4. The Morgan fingerprint density at radius 3 is 1.20 bits per heavy atom. The summed E-state index contributed by atoms with van der Waals surface area (Å²) in [5, 5.41) is 0. The van der Waals surface area contributed by atoms with Gasteiger partial charge in [0.05, 0.1) is 11.4 Å². The molecule has 0 aromatic heterocycles. The van der Waals surface area contributed by atoms with E-state index in [1.807, 2.05) is 0 Å². The number of hydrogen-bond donors (Lipinski definition) is 0. The zero-order valence-corrected chi connectivity index (χ0v) is 12.1. The lowest BCUT2D eigenvalue weighted by Gasteiger charge is -2.08. The minimum atomic E-state index is -4.78. The molecule has 2 aromatic rings. The molecule has 0 aliphatic rings. The van der Waals surface area contributed by atoms with Crippen molar-refractivity contribution in [3.05, 3.63) is 48.5 Å². The van der Waals surface area contributed by atoms with Crippen molar-refractivity contribution in [2.45, 2.75) is 12.7 Å². The molecule has 2 aromatic carbocycles. The lowest BCUT2D eigenvalue weighted by Crippen LogP contribution is -2.16. The van der Waals surface area contributed by atoms with Gasteiger partial charge in [-0.05, 0) is 48.5 Å². The first-order valence-corrected chi connectivity index (χ1v) is 6.49. The number of alkyl halides is 6. The third-order valence-electron chi connectivity index (χ3n) is 2.50. The molecule has 0 unspecified atom stereocenters. The third kappa shape index (κ3) is 6.96. The van der Waals surface area contributed by atoms with Crippen molar-refractivity contribution in [1.82, 2.24) is 0 Å². The van der Waals surface area contributed by atoms with Gasteiger partial charge in [-0.2, -0.15) is 9.98 Å². The van der Waals surface area contributed by atoms with Crippen LogP contribution in [0.25, 0.3) is 0 Å². The zero-order valence-electron chi connectivity index (χ0n) is 12.1. The Morgan fingerprint density at radius 1 is 0.600 bits per heavy atom. The quantitative estimate of drug-likeness (QED) is 0.523. The van der Waals surface area contributed by atoms with Crippen LogP contribution in [0.15, 0.2) is 58.5 Å². The first-order chi connectivity index (χ1) is 11.6. The number of aliphatic imine (C=N–C) groups is 2. The summed E-state index contributed by atoms with van der Waals surface area (Å²) in [5.41, 5.74) is 0.519. The van der Waals surface area contributed by atoms with E-state index >= 15 is 0 Å². The van der Waals surface area contributed by atoms with Crippen molar-refractivity contribution < 1.29 is 35.8 Å². The summed E-state index contributed by atoms with van der Waals surface area (Å²) in [4.78, 5) is 7.51. The van der Waals surface area contributed by atoms with Gasteiger partial charge in [0.25, 0.3) is 0 Å². The molecule has 0 heterocycles. The molecule has 4 nitrogen and oxygen atoms in total. The van der Waals surface area contributed by atoms with Gasteiger partial charge in [0.2, 0.25) is 0 Å². The minimum absolute atomic E-state index is 0.260. The van der Waals surface area contributed by atoms with Crippen LogP contribution in [0.4, 0.5) is 37.7 Å². The summed E-state index contributed by atoms with van der Waals surface area (Å²) in [6, 6.07) is 11.6. The fraction of sp³-hybridized carbons (Fsp3) is 0.133. The molecule has 0 N–H and O–H groups in total. The molecule has 0 spiro atoms. The maximum atomic E-state index is 12.0. The molecule has 0 radical (unpaired) electrons. The number of ether oxygens (including phenoxy) is 2. The highest BCUT2D eigenvalue weighted by Crippen LogP contribution is 2.26. The van der Waals surface area contributed by atoms with Crippen LogP contribution in [0.3, 0.4) is 0 Å². The highest BCUT2D eigenvalue weighted by Gasteiger charge is 2.31. The summed E-state index contributed by atoms with van der Waals surface area (Å²) in [6.07, 6.45) is -9.57. The van der Waals surface area contributed by atoms with Crippen LogP contribution in [-0.2, 0) is 0 Å². The topological polar surface area (TPSA) is 43.2 Å². The average molecular weight is 362 g/mol. The summed E-state index contributed by atoms with van der Waals surface area (Å²) in [6.45, 7) is 0. The van der Waals surface area contributed by atoms with Gasteiger partial charge in [0.15, 0.2) is 0 Å². The van der Waals surface area contributed by atoms with Crippen molar-refractivity contribution in [2.75, 3.05) is 0 Å². The third-order valence-corrected chi connectivity index (χ3v) is 2.50. The minimum Gasteiger partial charge on any atom is -0.406 e. The number of hydrogen-bond acceptors (Lipinski definition) is 4. The standard InChI is InChI=1S/C15H8F6N2O2/c16-14(17,18)24-12-5-1-10(2-6-12)22-9-23-11-3-7-13(8-4-11)25-15(19,20)21/h1-8H. The number of halogens is 6. The summed E-state index contributed by atoms with van der Waals surface area (Å²) < 4.78 is 79.4. The van der Waals surface area contributed by atoms with Crippen LogP contribution < -0.4 is 9.47 Å². The van der Waals surface area contributed by atoms with Gasteiger partial charge in [-0.1, -0.05) is 0 Å². The van der Waals surface area contributed by atoms with E-state index in [0.717, 1.165) is 24.3 Å². The van der Waals surface area contributed by atoms with E-state index in [0.29, 0.717) is 0 Å². The van der Waals surface area contributed by atoms with Crippen LogP contribution in [0.5, 0.6) is 11.5 Å². The Kier molecular flexibility index (Phi) is 5.33. The molecular weight excluding hydrogens is 354 g/mol. The largest absolute Gasteiger partial charge is 0.573 e. The van der Waals surface area contributed by atoms with Crippen LogP contribution >= 0.6 is 0 Å². The fourth-order valence-corrected chi connectivity index (χ4v) is 1.59. The second-order valence-corrected chi connectivity index (χ2v) is 4.41. The zero-order chi connectivity index (χ0) is 18.5. The van der Waals surface area contributed by atoms with Gasteiger partial charge in [0.1, 0.15) is 17.5 Å². The molecule has 132 valence electrons. The van der Waals surface area contributed by atoms with Gasteiger partial charge in [-0.3, -0.25) is 0 Å². The van der Waals surface area contributed by atoms with E-state index < -0.39 is 24.2 Å². The van der Waals surface area contributed by atoms with Crippen molar-refractivity contribution >= 4 is 17.4 Å². The molecule has 0 saturated carbocycles. The Hall–Kier alpha value is -3.00. The van der Waals surface area contributed by atoms with Gasteiger partial charge in [-0.15, -0.1) is 26.3 Å². The fourth-order valence-electron chi connectivity index (χ4n) is 1.59. The molecule has 0 bridgehead atoms. The molecule has 0 saturated heterocycles. The van der Waals surface area contributed by atoms with Gasteiger partial charge in [-0.25, -0.2) is 0 Å². The van der Waals surface area contributed by atoms with Crippen molar-refractivity contribution in [1.29, 1.82) is 0 Å². The predicted molar refractivity (Wildman–Crippen MR) is 75.4 cm³/mol. The first kappa shape index (κ1) is 18.3. The van der Waals surface area contributed by atoms with E-state index in [1.165, 1.54) is 24.3 Å². The van der Waals surface area contributed by atoms with Gasteiger partial charge in [0, 0.05) is 0 Å². The van der Waals surface area contributed by atoms with E-state index in [2.05, 4.69) is 25.5 Å². The SMILES string of the molecule is FC(F)(F)Oc1ccc(N=C=Nc2ccc(OC(F)(F)F)cc2)cc1. The Labute approximate surface area is 137 Å². The van der Waals surface area contributed by atoms with Crippen LogP contribution in [0.2, 0.25) is 0 Å². The highest BCUT2D eigenvalue weighted by molar-refractivity contribution is 5.58. The summed E-state index contributed by atoms with van der Waals surface area (Å²) in [5.74, 6) is -0.799. The normalized spacial score (nSPS) is 11.4. The number of nitrogens with zero attached hydrogens (tertiary/aromatic N) is 2. The lowest BCUT2D eigenvalue weighted by molar-refractivity contribution is -0.275. The number of benzene rings is 2. The van der Waals surface area contributed by atoms with E-state index in [4.69, 9.17) is 0 Å². The molecule has 0 aliphatic heterocycles. The van der Waals surface area contributed by atoms with Crippen LogP contribution in [0, 0.1) is 0 Å².